The molecule has 7 nitrogen and oxygen atoms in total. The smallest absolute Gasteiger partial charge is 0.251 e. The molecular formula is C23H33IN4O3. The van der Waals surface area contributed by atoms with Crippen molar-refractivity contribution in [2.75, 3.05) is 32.1 Å². The van der Waals surface area contributed by atoms with Gasteiger partial charge in [0, 0.05) is 30.4 Å². The molecule has 0 saturated carbocycles. The molecule has 2 aromatic rings. The SMILES string of the molecule is CCCNC(=O)c1cccc(CN=C(NCC)Nc2ccc(OCC)c(OC)c2)c1.I. The van der Waals surface area contributed by atoms with Crippen LogP contribution >= 0.6 is 24.0 Å². The van der Waals surface area contributed by atoms with E-state index in [4.69, 9.17) is 9.47 Å². The van der Waals surface area contributed by atoms with Gasteiger partial charge >= 0.3 is 0 Å². The van der Waals surface area contributed by atoms with Gasteiger partial charge in [0.15, 0.2) is 17.5 Å². The van der Waals surface area contributed by atoms with Crippen molar-refractivity contribution in [1.82, 2.24) is 10.6 Å². The first kappa shape index (κ1) is 26.5. The van der Waals surface area contributed by atoms with Crippen LogP contribution in [0.2, 0.25) is 0 Å². The third-order valence-electron chi connectivity index (χ3n) is 4.21. The maximum absolute atomic E-state index is 12.2. The van der Waals surface area contributed by atoms with Crippen molar-refractivity contribution in [1.29, 1.82) is 0 Å². The molecule has 0 atom stereocenters. The van der Waals surface area contributed by atoms with Crippen LogP contribution < -0.4 is 25.4 Å². The van der Waals surface area contributed by atoms with Gasteiger partial charge in [-0.2, -0.15) is 0 Å². The summed E-state index contributed by atoms with van der Waals surface area (Å²) in [5.74, 6) is 1.94. The van der Waals surface area contributed by atoms with E-state index in [0.717, 1.165) is 24.2 Å². The van der Waals surface area contributed by atoms with Gasteiger partial charge in [-0.25, -0.2) is 4.99 Å². The summed E-state index contributed by atoms with van der Waals surface area (Å²) in [5, 5.41) is 9.41. The lowest BCUT2D eigenvalue weighted by molar-refractivity contribution is 0.0953. The number of nitrogens with zero attached hydrogens (tertiary/aromatic N) is 1. The molecule has 0 heterocycles. The van der Waals surface area contributed by atoms with E-state index < -0.39 is 0 Å². The first-order chi connectivity index (χ1) is 14.6. The number of amides is 1. The molecule has 0 aliphatic carbocycles. The molecule has 31 heavy (non-hydrogen) atoms. The Morgan fingerprint density at radius 1 is 1.03 bits per heavy atom. The summed E-state index contributed by atoms with van der Waals surface area (Å²) in [6.07, 6.45) is 0.907. The van der Waals surface area contributed by atoms with Gasteiger partial charge in [-0.1, -0.05) is 19.1 Å². The number of ether oxygens (including phenoxy) is 2. The zero-order chi connectivity index (χ0) is 21.8. The number of methoxy groups -OCH3 is 1. The van der Waals surface area contributed by atoms with E-state index in [1.807, 2.05) is 63.2 Å². The van der Waals surface area contributed by atoms with Gasteiger partial charge in [-0.3, -0.25) is 4.79 Å². The van der Waals surface area contributed by atoms with Gasteiger partial charge in [-0.15, -0.1) is 24.0 Å². The van der Waals surface area contributed by atoms with Crippen LogP contribution in [0.25, 0.3) is 0 Å². The Kier molecular flexibility index (Phi) is 12.4. The highest BCUT2D eigenvalue weighted by Crippen LogP contribution is 2.30. The van der Waals surface area contributed by atoms with Crippen LogP contribution in [0.5, 0.6) is 11.5 Å². The van der Waals surface area contributed by atoms with E-state index in [2.05, 4.69) is 20.9 Å². The standard InChI is InChI=1S/C23H32N4O3.HI/c1-5-13-25-22(28)18-10-8-9-17(14-18)16-26-23(24-6-2)27-19-11-12-20(30-7-3)21(15-19)29-4;/h8-12,14-15H,5-7,13,16H2,1-4H3,(H,25,28)(H2,24,26,27);1H. The Hall–Kier alpha value is -2.49. The quantitative estimate of drug-likeness (QED) is 0.236. The van der Waals surface area contributed by atoms with E-state index in [1.54, 1.807) is 7.11 Å². The lowest BCUT2D eigenvalue weighted by Crippen LogP contribution is -2.30. The van der Waals surface area contributed by atoms with Crippen LogP contribution in [0, 0.1) is 0 Å². The maximum Gasteiger partial charge on any atom is 0.251 e. The van der Waals surface area contributed by atoms with Gasteiger partial charge < -0.3 is 25.4 Å². The fourth-order valence-electron chi connectivity index (χ4n) is 2.79. The molecule has 170 valence electrons. The summed E-state index contributed by atoms with van der Waals surface area (Å²) >= 11 is 0. The van der Waals surface area contributed by atoms with Crippen LogP contribution in [0.15, 0.2) is 47.5 Å². The molecule has 1 amide bonds. The summed E-state index contributed by atoms with van der Waals surface area (Å²) in [7, 11) is 1.62. The molecule has 0 saturated heterocycles. The topological polar surface area (TPSA) is 84.0 Å². The highest BCUT2D eigenvalue weighted by atomic mass is 127. The second kappa shape index (κ2) is 14.5. The summed E-state index contributed by atoms with van der Waals surface area (Å²) in [5.41, 5.74) is 2.44. The molecule has 0 fully saturated rings. The number of guanidine groups is 1. The number of rotatable bonds is 10. The van der Waals surface area contributed by atoms with Crippen LogP contribution in [-0.4, -0.2) is 38.7 Å². The van der Waals surface area contributed by atoms with E-state index in [1.165, 1.54) is 0 Å². The van der Waals surface area contributed by atoms with Crippen molar-refractivity contribution in [3.05, 3.63) is 53.6 Å². The summed E-state index contributed by atoms with van der Waals surface area (Å²) < 4.78 is 11.0. The lowest BCUT2D eigenvalue weighted by atomic mass is 10.1. The van der Waals surface area contributed by atoms with Crippen molar-refractivity contribution in [3.8, 4) is 11.5 Å². The molecule has 2 aromatic carbocycles. The first-order valence-electron chi connectivity index (χ1n) is 10.3. The highest BCUT2D eigenvalue weighted by Gasteiger charge is 2.08. The number of benzene rings is 2. The number of nitrogens with one attached hydrogen (secondary N) is 3. The minimum absolute atomic E-state index is 0. The van der Waals surface area contributed by atoms with Crippen molar-refractivity contribution in [2.45, 2.75) is 33.7 Å². The number of anilines is 1. The number of halogens is 1. The van der Waals surface area contributed by atoms with Crippen molar-refractivity contribution < 1.29 is 14.3 Å². The van der Waals surface area contributed by atoms with Crippen molar-refractivity contribution in [3.63, 3.8) is 0 Å². The maximum atomic E-state index is 12.2. The van der Waals surface area contributed by atoms with E-state index in [9.17, 15) is 4.79 Å². The van der Waals surface area contributed by atoms with Crippen molar-refractivity contribution in [2.24, 2.45) is 4.99 Å². The van der Waals surface area contributed by atoms with Crippen LogP contribution in [0.4, 0.5) is 5.69 Å². The molecule has 0 bridgehead atoms. The highest BCUT2D eigenvalue weighted by molar-refractivity contribution is 14.0. The number of hydrogen-bond donors (Lipinski definition) is 3. The fraction of sp³-hybridized carbons (Fsp3) is 0.391. The molecule has 2 rings (SSSR count). The average Bonchev–Trinajstić information content (AvgIpc) is 2.77. The molecule has 0 aromatic heterocycles. The van der Waals surface area contributed by atoms with Crippen LogP contribution in [0.1, 0.15) is 43.1 Å². The molecule has 0 aliphatic heterocycles. The Bertz CT molecular complexity index is 858. The minimum atomic E-state index is -0.0609. The summed E-state index contributed by atoms with van der Waals surface area (Å²) in [6.45, 7) is 8.38. The predicted octanol–water partition coefficient (Wildman–Crippen LogP) is 4.43. The molecule has 0 spiro atoms. The summed E-state index contributed by atoms with van der Waals surface area (Å²) in [6, 6.07) is 13.2. The molecule has 0 aliphatic rings. The zero-order valence-corrected chi connectivity index (χ0v) is 21.0. The van der Waals surface area contributed by atoms with Gasteiger partial charge in [0.2, 0.25) is 0 Å². The number of carbonyl (C=O) groups is 1. The number of hydrogen-bond acceptors (Lipinski definition) is 4. The van der Waals surface area contributed by atoms with Gasteiger partial charge in [0.05, 0.1) is 20.3 Å². The van der Waals surface area contributed by atoms with E-state index in [-0.39, 0.29) is 29.9 Å². The minimum Gasteiger partial charge on any atom is -0.493 e. The zero-order valence-electron chi connectivity index (χ0n) is 18.7. The molecular weight excluding hydrogens is 507 g/mol. The Labute approximate surface area is 202 Å². The van der Waals surface area contributed by atoms with Crippen LogP contribution in [0.3, 0.4) is 0 Å². The van der Waals surface area contributed by atoms with E-state index >= 15 is 0 Å². The second-order valence-electron chi connectivity index (χ2n) is 6.58. The monoisotopic (exact) mass is 540 g/mol. The fourth-order valence-corrected chi connectivity index (χ4v) is 2.79. The first-order valence-corrected chi connectivity index (χ1v) is 10.3. The second-order valence-corrected chi connectivity index (χ2v) is 6.58. The third-order valence-corrected chi connectivity index (χ3v) is 4.21. The Balaban J connectivity index is 0.00000480. The molecule has 3 N–H and O–H groups in total. The lowest BCUT2D eigenvalue weighted by Gasteiger charge is -2.14. The molecule has 8 heteroatoms. The number of aliphatic imine (C=N–C) groups is 1. The van der Waals surface area contributed by atoms with Gasteiger partial charge in [0.25, 0.3) is 5.91 Å². The number of carbonyl (C=O) groups excluding carboxylic acids is 1. The molecule has 0 radical (unpaired) electrons. The van der Waals surface area contributed by atoms with E-state index in [0.29, 0.717) is 42.7 Å². The van der Waals surface area contributed by atoms with Gasteiger partial charge in [0.1, 0.15) is 0 Å². The van der Waals surface area contributed by atoms with Crippen molar-refractivity contribution >= 4 is 41.5 Å². The molecule has 0 unspecified atom stereocenters. The largest absolute Gasteiger partial charge is 0.493 e. The predicted molar refractivity (Wildman–Crippen MR) is 137 cm³/mol. The Morgan fingerprint density at radius 3 is 2.52 bits per heavy atom. The Morgan fingerprint density at radius 2 is 1.84 bits per heavy atom. The van der Waals surface area contributed by atoms with Crippen LogP contribution in [-0.2, 0) is 6.54 Å². The normalized spacial score (nSPS) is 10.6. The third kappa shape index (κ3) is 8.64. The average molecular weight is 540 g/mol. The van der Waals surface area contributed by atoms with Gasteiger partial charge in [-0.05, 0) is 50.1 Å². The summed E-state index contributed by atoms with van der Waals surface area (Å²) in [4.78, 5) is 16.8.